The Balaban J connectivity index is 2.16. The van der Waals surface area contributed by atoms with Crippen molar-refractivity contribution < 1.29 is 0 Å². The highest BCUT2D eigenvalue weighted by Crippen LogP contribution is 2.26. The lowest BCUT2D eigenvalue weighted by Crippen LogP contribution is -2.40. The zero-order valence-corrected chi connectivity index (χ0v) is 10.9. The fourth-order valence-corrected chi connectivity index (χ4v) is 2.66. The largest absolute Gasteiger partial charge is 0.373 e. The quantitative estimate of drug-likeness (QED) is 0.865. The molecule has 1 aliphatic heterocycles. The molecule has 0 bridgehead atoms. The summed E-state index contributed by atoms with van der Waals surface area (Å²) in [5.74, 6) is 2.10. The van der Waals surface area contributed by atoms with Crippen LogP contribution in [0.25, 0.3) is 0 Å². The number of rotatable bonds is 4. The second kappa shape index (κ2) is 5.89. The van der Waals surface area contributed by atoms with E-state index in [1.807, 2.05) is 13.1 Å². The van der Waals surface area contributed by atoms with Gasteiger partial charge in [0.25, 0.3) is 0 Å². The summed E-state index contributed by atoms with van der Waals surface area (Å²) < 4.78 is 0. The van der Waals surface area contributed by atoms with E-state index in [2.05, 4.69) is 34.3 Å². The molecule has 0 saturated carbocycles. The number of piperidine rings is 1. The molecule has 0 amide bonds. The Kier molecular flexibility index (Phi) is 4.24. The fourth-order valence-electron chi connectivity index (χ4n) is 2.66. The maximum Gasteiger partial charge on any atom is 0.131 e. The Morgan fingerprint density at radius 1 is 1.41 bits per heavy atom. The zero-order chi connectivity index (χ0) is 12.1. The lowest BCUT2D eigenvalue weighted by Gasteiger charge is -2.36. The van der Waals surface area contributed by atoms with Crippen LogP contribution in [0.2, 0.25) is 0 Å². The van der Waals surface area contributed by atoms with E-state index in [0.717, 1.165) is 18.2 Å². The number of anilines is 2. The molecular formula is C14H23N3. The molecule has 1 N–H and O–H groups in total. The van der Waals surface area contributed by atoms with Gasteiger partial charge in [0, 0.05) is 19.6 Å². The molecule has 1 unspecified atom stereocenters. The first kappa shape index (κ1) is 12.2. The Labute approximate surface area is 104 Å². The molecule has 94 valence electrons. The van der Waals surface area contributed by atoms with Gasteiger partial charge in [0.2, 0.25) is 0 Å². The molecule has 0 spiro atoms. The predicted molar refractivity (Wildman–Crippen MR) is 73.7 cm³/mol. The highest BCUT2D eigenvalue weighted by atomic mass is 15.2. The van der Waals surface area contributed by atoms with E-state index >= 15 is 0 Å². The lowest BCUT2D eigenvalue weighted by atomic mass is 9.98. The Bertz CT molecular complexity index is 349. The SMILES string of the molecule is CCCC1CCCCN1c1cccc(NC)n1. The first-order chi connectivity index (χ1) is 8.35. The number of nitrogens with zero attached hydrogens (tertiary/aromatic N) is 2. The zero-order valence-electron chi connectivity index (χ0n) is 10.9. The lowest BCUT2D eigenvalue weighted by molar-refractivity contribution is 0.432. The smallest absolute Gasteiger partial charge is 0.131 e. The van der Waals surface area contributed by atoms with E-state index in [1.165, 1.54) is 32.1 Å². The van der Waals surface area contributed by atoms with Crippen molar-refractivity contribution in [3.05, 3.63) is 18.2 Å². The number of nitrogens with one attached hydrogen (secondary N) is 1. The summed E-state index contributed by atoms with van der Waals surface area (Å²) in [6.45, 7) is 3.43. The maximum absolute atomic E-state index is 4.66. The molecule has 0 aliphatic carbocycles. The molecule has 2 rings (SSSR count). The van der Waals surface area contributed by atoms with Crippen LogP contribution in [0, 0.1) is 0 Å². The van der Waals surface area contributed by atoms with Gasteiger partial charge in [0.05, 0.1) is 0 Å². The van der Waals surface area contributed by atoms with Gasteiger partial charge in [-0.1, -0.05) is 19.4 Å². The minimum absolute atomic E-state index is 0.688. The normalized spacial score (nSPS) is 20.4. The van der Waals surface area contributed by atoms with Gasteiger partial charge in [-0.2, -0.15) is 0 Å². The summed E-state index contributed by atoms with van der Waals surface area (Å²) in [6.07, 6.45) is 6.52. The average molecular weight is 233 g/mol. The van der Waals surface area contributed by atoms with Crippen LogP contribution in [0.4, 0.5) is 11.6 Å². The standard InChI is InChI=1S/C14H23N3/c1-3-7-12-8-4-5-11-17(12)14-10-6-9-13(15-2)16-14/h6,9-10,12H,3-5,7-8,11H2,1-2H3,(H,15,16). The van der Waals surface area contributed by atoms with Crippen molar-refractivity contribution in [3.8, 4) is 0 Å². The second-order valence-corrected chi connectivity index (χ2v) is 4.76. The highest BCUT2D eigenvalue weighted by Gasteiger charge is 2.22. The molecule has 1 aliphatic rings. The average Bonchev–Trinajstić information content (AvgIpc) is 2.40. The van der Waals surface area contributed by atoms with Gasteiger partial charge in [-0.15, -0.1) is 0 Å². The summed E-state index contributed by atoms with van der Waals surface area (Å²) in [6, 6.07) is 6.93. The van der Waals surface area contributed by atoms with Crippen molar-refractivity contribution in [1.82, 2.24) is 4.98 Å². The monoisotopic (exact) mass is 233 g/mol. The van der Waals surface area contributed by atoms with Crippen molar-refractivity contribution in [1.29, 1.82) is 0 Å². The molecular weight excluding hydrogens is 210 g/mol. The van der Waals surface area contributed by atoms with Crippen LogP contribution in [-0.2, 0) is 0 Å². The third-order valence-corrected chi connectivity index (χ3v) is 3.53. The van der Waals surface area contributed by atoms with E-state index in [4.69, 9.17) is 0 Å². The van der Waals surface area contributed by atoms with Crippen molar-refractivity contribution in [2.45, 2.75) is 45.1 Å². The molecule has 1 saturated heterocycles. The third-order valence-electron chi connectivity index (χ3n) is 3.53. The summed E-state index contributed by atoms with van der Waals surface area (Å²) in [7, 11) is 1.92. The van der Waals surface area contributed by atoms with Gasteiger partial charge >= 0.3 is 0 Å². The van der Waals surface area contributed by atoms with Gasteiger partial charge in [0.15, 0.2) is 0 Å². The summed E-state index contributed by atoms with van der Waals surface area (Å²) in [5.41, 5.74) is 0. The van der Waals surface area contributed by atoms with E-state index in [1.54, 1.807) is 0 Å². The third kappa shape index (κ3) is 2.90. The molecule has 0 radical (unpaired) electrons. The van der Waals surface area contributed by atoms with Gasteiger partial charge in [0.1, 0.15) is 11.6 Å². The maximum atomic E-state index is 4.66. The number of hydrogen-bond acceptors (Lipinski definition) is 3. The predicted octanol–water partition coefficient (Wildman–Crippen LogP) is 3.28. The Hall–Kier alpha value is -1.25. The van der Waals surface area contributed by atoms with Crippen molar-refractivity contribution in [3.63, 3.8) is 0 Å². The number of aromatic nitrogens is 1. The minimum Gasteiger partial charge on any atom is -0.373 e. The van der Waals surface area contributed by atoms with Crippen molar-refractivity contribution in [2.24, 2.45) is 0 Å². The van der Waals surface area contributed by atoms with Crippen LogP contribution >= 0.6 is 0 Å². The van der Waals surface area contributed by atoms with Gasteiger partial charge in [-0.25, -0.2) is 4.98 Å². The Morgan fingerprint density at radius 3 is 3.06 bits per heavy atom. The summed E-state index contributed by atoms with van der Waals surface area (Å²) >= 11 is 0. The molecule has 3 nitrogen and oxygen atoms in total. The molecule has 0 aromatic carbocycles. The molecule has 2 heterocycles. The molecule has 1 aromatic rings. The van der Waals surface area contributed by atoms with Crippen LogP contribution in [0.5, 0.6) is 0 Å². The molecule has 1 atom stereocenters. The van der Waals surface area contributed by atoms with E-state index in [-0.39, 0.29) is 0 Å². The van der Waals surface area contributed by atoms with E-state index in [9.17, 15) is 0 Å². The van der Waals surface area contributed by atoms with Gasteiger partial charge in [-0.3, -0.25) is 0 Å². The topological polar surface area (TPSA) is 28.2 Å². The molecule has 3 heteroatoms. The van der Waals surface area contributed by atoms with Crippen LogP contribution in [-0.4, -0.2) is 24.6 Å². The van der Waals surface area contributed by atoms with Crippen LogP contribution < -0.4 is 10.2 Å². The van der Waals surface area contributed by atoms with E-state index in [0.29, 0.717) is 6.04 Å². The first-order valence-electron chi connectivity index (χ1n) is 6.76. The molecule has 17 heavy (non-hydrogen) atoms. The Morgan fingerprint density at radius 2 is 2.29 bits per heavy atom. The fraction of sp³-hybridized carbons (Fsp3) is 0.643. The van der Waals surface area contributed by atoms with Crippen LogP contribution in [0.1, 0.15) is 39.0 Å². The van der Waals surface area contributed by atoms with E-state index < -0.39 is 0 Å². The van der Waals surface area contributed by atoms with Gasteiger partial charge < -0.3 is 10.2 Å². The highest BCUT2D eigenvalue weighted by molar-refractivity contribution is 5.47. The van der Waals surface area contributed by atoms with Crippen LogP contribution in [0.3, 0.4) is 0 Å². The minimum atomic E-state index is 0.688. The summed E-state index contributed by atoms with van der Waals surface area (Å²) in [5, 5.41) is 3.12. The number of hydrogen-bond donors (Lipinski definition) is 1. The summed E-state index contributed by atoms with van der Waals surface area (Å²) in [4.78, 5) is 7.16. The number of pyridine rings is 1. The van der Waals surface area contributed by atoms with Crippen molar-refractivity contribution >= 4 is 11.6 Å². The molecule has 1 fully saturated rings. The second-order valence-electron chi connectivity index (χ2n) is 4.76. The van der Waals surface area contributed by atoms with Crippen molar-refractivity contribution in [2.75, 3.05) is 23.8 Å². The molecule has 1 aromatic heterocycles. The van der Waals surface area contributed by atoms with Crippen LogP contribution in [0.15, 0.2) is 18.2 Å². The first-order valence-corrected chi connectivity index (χ1v) is 6.76. The van der Waals surface area contributed by atoms with Gasteiger partial charge in [-0.05, 0) is 37.8 Å².